The monoisotopic (exact) mass is 273 g/mol. The van der Waals surface area contributed by atoms with Crippen LogP contribution in [0.5, 0.6) is 5.75 Å². The second kappa shape index (κ2) is 5.61. The topological polar surface area (TPSA) is 33.1 Å². The molecule has 0 aliphatic rings. The fourth-order valence-electron chi connectivity index (χ4n) is 2.35. The summed E-state index contributed by atoms with van der Waals surface area (Å²) in [5.74, 6) is 0.189. The van der Waals surface area contributed by atoms with Crippen LogP contribution in [-0.2, 0) is 6.42 Å². The highest BCUT2D eigenvalue weighted by atomic mass is 19.1. The third-order valence-electron chi connectivity index (χ3n) is 3.63. The van der Waals surface area contributed by atoms with Crippen LogP contribution in [-0.4, -0.2) is 10.1 Å². The van der Waals surface area contributed by atoms with Gasteiger partial charge in [0.25, 0.3) is 0 Å². The van der Waals surface area contributed by atoms with E-state index in [-0.39, 0.29) is 17.5 Å². The summed E-state index contributed by atoms with van der Waals surface area (Å²) in [7, 11) is 0. The summed E-state index contributed by atoms with van der Waals surface area (Å²) in [5, 5.41) is 9.80. The molecule has 20 heavy (non-hydrogen) atoms. The lowest BCUT2D eigenvalue weighted by Crippen LogP contribution is -2.03. The standard InChI is InChI=1S/C17H20FNO/c1-10(2)17-16(20)8-6-13(19-17)9-14-11(3)5-7-15(18)12(14)4/h5-8,10,20H,9H2,1-4H3. The maximum absolute atomic E-state index is 13.7. The Kier molecular flexibility index (Phi) is 4.07. The number of aromatic hydroxyl groups is 1. The minimum atomic E-state index is -0.187. The van der Waals surface area contributed by atoms with Crippen molar-refractivity contribution in [3.05, 3.63) is 58.2 Å². The molecule has 1 aromatic heterocycles. The lowest BCUT2D eigenvalue weighted by Gasteiger charge is -2.13. The largest absolute Gasteiger partial charge is 0.506 e. The molecule has 0 saturated heterocycles. The Balaban J connectivity index is 2.41. The summed E-state index contributed by atoms with van der Waals surface area (Å²) in [6.45, 7) is 7.75. The van der Waals surface area contributed by atoms with Crippen molar-refractivity contribution in [3.8, 4) is 5.75 Å². The molecule has 3 heteroatoms. The van der Waals surface area contributed by atoms with Crippen molar-refractivity contribution in [1.29, 1.82) is 0 Å². The molecule has 0 saturated carbocycles. The zero-order valence-electron chi connectivity index (χ0n) is 12.4. The van der Waals surface area contributed by atoms with Crippen LogP contribution in [0.1, 0.15) is 47.8 Å². The molecule has 0 amide bonds. The molecule has 1 aromatic carbocycles. The predicted molar refractivity (Wildman–Crippen MR) is 78.7 cm³/mol. The number of rotatable bonds is 3. The van der Waals surface area contributed by atoms with Crippen molar-refractivity contribution < 1.29 is 9.50 Å². The number of hydrogen-bond donors (Lipinski definition) is 1. The molecule has 0 radical (unpaired) electrons. The third-order valence-corrected chi connectivity index (χ3v) is 3.63. The van der Waals surface area contributed by atoms with Gasteiger partial charge in [-0.3, -0.25) is 4.98 Å². The lowest BCUT2D eigenvalue weighted by molar-refractivity contribution is 0.459. The molecule has 0 spiro atoms. The van der Waals surface area contributed by atoms with Gasteiger partial charge in [-0.15, -0.1) is 0 Å². The Labute approximate surface area is 119 Å². The molecular weight excluding hydrogens is 253 g/mol. The summed E-state index contributed by atoms with van der Waals surface area (Å²) >= 11 is 0. The molecule has 106 valence electrons. The molecule has 0 atom stereocenters. The molecule has 0 bridgehead atoms. The Morgan fingerprint density at radius 2 is 1.85 bits per heavy atom. The summed E-state index contributed by atoms with van der Waals surface area (Å²) in [5.41, 5.74) is 4.24. The van der Waals surface area contributed by atoms with E-state index in [1.165, 1.54) is 6.07 Å². The molecular formula is C17H20FNO. The van der Waals surface area contributed by atoms with Gasteiger partial charge in [0.1, 0.15) is 11.6 Å². The van der Waals surface area contributed by atoms with Crippen LogP contribution in [0.3, 0.4) is 0 Å². The van der Waals surface area contributed by atoms with Crippen LogP contribution in [0.4, 0.5) is 4.39 Å². The smallest absolute Gasteiger partial charge is 0.137 e. The number of aromatic nitrogens is 1. The second-order valence-corrected chi connectivity index (χ2v) is 5.51. The maximum Gasteiger partial charge on any atom is 0.137 e. The van der Waals surface area contributed by atoms with Crippen molar-refractivity contribution in [2.24, 2.45) is 0 Å². The highest BCUT2D eigenvalue weighted by Gasteiger charge is 2.12. The van der Waals surface area contributed by atoms with E-state index >= 15 is 0 Å². The van der Waals surface area contributed by atoms with Gasteiger partial charge in [-0.05, 0) is 54.7 Å². The van der Waals surface area contributed by atoms with Crippen molar-refractivity contribution in [2.45, 2.75) is 40.0 Å². The molecule has 0 unspecified atom stereocenters. The number of hydrogen-bond acceptors (Lipinski definition) is 2. The molecule has 2 rings (SSSR count). The van der Waals surface area contributed by atoms with E-state index < -0.39 is 0 Å². The Hall–Kier alpha value is -1.90. The molecule has 2 nitrogen and oxygen atoms in total. The molecule has 0 fully saturated rings. The first kappa shape index (κ1) is 14.5. The Bertz CT molecular complexity index is 635. The van der Waals surface area contributed by atoms with Crippen LogP contribution in [0.15, 0.2) is 24.3 Å². The normalized spacial score (nSPS) is 11.1. The SMILES string of the molecule is Cc1ccc(F)c(C)c1Cc1ccc(O)c(C(C)C)n1. The highest BCUT2D eigenvalue weighted by Crippen LogP contribution is 2.25. The summed E-state index contributed by atoms with van der Waals surface area (Å²) in [4.78, 5) is 4.51. The molecule has 2 aromatic rings. The third kappa shape index (κ3) is 2.82. The van der Waals surface area contributed by atoms with E-state index in [1.807, 2.05) is 20.8 Å². The fraction of sp³-hybridized carbons (Fsp3) is 0.353. The van der Waals surface area contributed by atoms with E-state index in [1.54, 1.807) is 25.1 Å². The number of aryl methyl sites for hydroxylation is 1. The van der Waals surface area contributed by atoms with Gasteiger partial charge in [-0.25, -0.2) is 4.39 Å². The van der Waals surface area contributed by atoms with Gasteiger partial charge in [0.05, 0.1) is 5.69 Å². The van der Waals surface area contributed by atoms with E-state index in [2.05, 4.69) is 4.98 Å². The highest BCUT2D eigenvalue weighted by molar-refractivity contribution is 5.39. The lowest BCUT2D eigenvalue weighted by atomic mass is 9.97. The van der Waals surface area contributed by atoms with E-state index in [9.17, 15) is 9.50 Å². The average Bonchev–Trinajstić information content (AvgIpc) is 2.40. The van der Waals surface area contributed by atoms with E-state index in [4.69, 9.17) is 0 Å². The minimum absolute atomic E-state index is 0.157. The number of halogens is 1. The van der Waals surface area contributed by atoms with Gasteiger partial charge in [0, 0.05) is 12.1 Å². The van der Waals surface area contributed by atoms with Crippen LogP contribution in [0, 0.1) is 19.7 Å². The number of benzene rings is 1. The van der Waals surface area contributed by atoms with Gasteiger partial charge in [-0.2, -0.15) is 0 Å². The van der Waals surface area contributed by atoms with Crippen LogP contribution in [0.25, 0.3) is 0 Å². The zero-order chi connectivity index (χ0) is 14.9. The van der Waals surface area contributed by atoms with E-state index in [0.717, 1.165) is 16.8 Å². The first-order valence-electron chi connectivity index (χ1n) is 6.83. The summed E-state index contributed by atoms with van der Waals surface area (Å²) < 4.78 is 13.7. The Morgan fingerprint density at radius 3 is 2.50 bits per heavy atom. The molecule has 1 N–H and O–H groups in total. The Morgan fingerprint density at radius 1 is 1.15 bits per heavy atom. The van der Waals surface area contributed by atoms with Gasteiger partial charge >= 0.3 is 0 Å². The van der Waals surface area contributed by atoms with Crippen LogP contribution < -0.4 is 0 Å². The fourth-order valence-corrected chi connectivity index (χ4v) is 2.35. The molecule has 1 heterocycles. The first-order chi connectivity index (χ1) is 9.40. The maximum atomic E-state index is 13.7. The predicted octanol–water partition coefficient (Wildman–Crippen LogP) is 4.26. The number of nitrogens with zero attached hydrogens (tertiary/aromatic N) is 1. The van der Waals surface area contributed by atoms with Gasteiger partial charge in [-0.1, -0.05) is 19.9 Å². The van der Waals surface area contributed by atoms with Crippen LogP contribution in [0.2, 0.25) is 0 Å². The van der Waals surface area contributed by atoms with Crippen LogP contribution >= 0.6 is 0 Å². The summed E-state index contributed by atoms with van der Waals surface area (Å²) in [6.07, 6.45) is 0.579. The average molecular weight is 273 g/mol. The van der Waals surface area contributed by atoms with Crippen molar-refractivity contribution in [1.82, 2.24) is 4.98 Å². The zero-order valence-corrected chi connectivity index (χ0v) is 12.4. The second-order valence-electron chi connectivity index (χ2n) is 5.51. The van der Waals surface area contributed by atoms with Gasteiger partial charge in [0.2, 0.25) is 0 Å². The van der Waals surface area contributed by atoms with Crippen molar-refractivity contribution in [2.75, 3.05) is 0 Å². The molecule has 0 aliphatic heterocycles. The van der Waals surface area contributed by atoms with Gasteiger partial charge < -0.3 is 5.11 Å². The first-order valence-corrected chi connectivity index (χ1v) is 6.83. The quantitative estimate of drug-likeness (QED) is 0.906. The van der Waals surface area contributed by atoms with Gasteiger partial charge in [0.15, 0.2) is 0 Å². The molecule has 0 aliphatic carbocycles. The van der Waals surface area contributed by atoms with Crippen molar-refractivity contribution >= 4 is 0 Å². The summed E-state index contributed by atoms with van der Waals surface area (Å²) in [6, 6.07) is 6.76. The number of pyridine rings is 1. The minimum Gasteiger partial charge on any atom is -0.506 e. The van der Waals surface area contributed by atoms with Crippen molar-refractivity contribution in [3.63, 3.8) is 0 Å². The van der Waals surface area contributed by atoms with E-state index in [0.29, 0.717) is 17.7 Å².